The molecule has 0 aromatic heterocycles. The van der Waals surface area contributed by atoms with Crippen LogP contribution in [0.1, 0.15) is 26.7 Å². The molecule has 0 heterocycles. The van der Waals surface area contributed by atoms with Crippen LogP contribution in [0.2, 0.25) is 0 Å². The van der Waals surface area contributed by atoms with Gasteiger partial charge in [-0.05, 0) is 24.5 Å². The molecule has 7 nitrogen and oxygen atoms in total. The Hall–Kier alpha value is -2.31. The number of hydrogen-bond acceptors (Lipinski definition) is 5. The van der Waals surface area contributed by atoms with E-state index in [9.17, 15) is 14.9 Å². The summed E-state index contributed by atoms with van der Waals surface area (Å²) in [4.78, 5) is 21.3. The van der Waals surface area contributed by atoms with Crippen molar-refractivity contribution in [2.75, 3.05) is 18.5 Å². The first kappa shape index (κ1) is 16.7. The Balaban J connectivity index is 2.85. The third kappa shape index (κ3) is 5.29. The molecular formula is C14H20N2O5. The molecule has 1 atom stereocenters. The first-order chi connectivity index (χ1) is 9.95. The van der Waals surface area contributed by atoms with E-state index in [2.05, 4.69) is 5.32 Å². The van der Waals surface area contributed by atoms with E-state index in [1.807, 2.05) is 6.92 Å². The zero-order valence-electron chi connectivity index (χ0n) is 12.2. The Morgan fingerprint density at radius 3 is 2.81 bits per heavy atom. The Bertz CT molecular complexity index is 504. The molecule has 0 spiro atoms. The number of nitro benzene ring substituents is 1. The predicted molar refractivity (Wildman–Crippen MR) is 78.8 cm³/mol. The first-order valence-electron chi connectivity index (χ1n) is 6.81. The number of aliphatic carboxylic acids is 1. The average molecular weight is 296 g/mol. The minimum absolute atomic E-state index is 0.00677. The van der Waals surface area contributed by atoms with Crippen molar-refractivity contribution in [3.8, 4) is 5.75 Å². The molecule has 0 radical (unpaired) electrons. The molecule has 7 heteroatoms. The van der Waals surface area contributed by atoms with Crippen LogP contribution in [0.3, 0.4) is 0 Å². The highest BCUT2D eigenvalue weighted by Crippen LogP contribution is 2.34. The summed E-state index contributed by atoms with van der Waals surface area (Å²) in [6.07, 6.45) is 0.761. The second-order valence-electron chi connectivity index (χ2n) is 4.84. The molecule has 0 aliphatic rings. The molecule has 1 aromatic rings. The Labute approximate surface area is 123 Å². The monoisotopic (exact) mass is 296 g/mol. The number of carboxylic acids is 1. The van der Waals surface area contributed by atoms with Crippen LogP contribution in [0.25, 0.3) is 0 Å². The molecule has 1 rings (SSSR count). The fourth-order valence-electron chi connectivity index (χ4n) is 1.84. The van der Waals surface area contributed by atoms with Crippen LogP contribution in [0.15, 0.2) is 18.2 Å². The summed E-state index contributed by atoms with van der Waals surface area (Å²) in [5.74, 6) is -0.807. The maximum atomic E-state index is 11.2. The molecule has 1 unspecified atom stereocenters. The van der Waals surface area contributed by atoms with E-state index in [0.717, 1.165) is 6.42 Å². The van der Waals surface area contributed by atoms with Crippen LogP contribution in [-0.4, -0.2) is 29.2 Å². The highest BCUT2D eigenvalue weighted by Gasteiger charge is 2.21. The molecule has 0 amide bonds. The highest BCUT2D eigenvalue weighted by molar-refractivity contribution is 5.69. The van der Waals surface area contributed by atoms with Gasteiger partial charge >= 0.3 is 11.7 Å². The van der Waals surface area contributed by atoms with Crippen LogP contribution < -0.4 is 10.1 Å². The summed E-state index contributed by atoms with van der Waals surface area (Å²) in [6.45, 7) is 4.43. The smallest absolute Gasteiger partial charge is 0.333 e. The second-order valence-corrected chi connectivity index (χ2v) is 4.84. The van der Waals surface area contributed by atoms with Gasteiger partial charge in [0.05, 0.1) is 11.5 Å². The lowest BCUT2D eigenvalue weighted by Crippen LogP contribution is -2.15. The van der Waals surface area contributed by atoms with Crippen LogP contribution >= 0.6 is 0 Å². The van der Waals surface area contributed by atoms with E-state index >= 15 is 0 Å². The quantitative estimate of drug-likeness (QED) is 0.536. The van der Waals surface area contributed by atoms with Crippen LogP contribution in [-0.2, 0) is 4.79 Å². The first-order valence-corrected chi connectivity index (χ1v) is 6.81. The summed E-state index contributed by atoms with van der Waals surface area (Å²) >= 11 is 0. The Morgan fingerprint density at radius 2 is 2.24 bits per heavy atom. The van der Waals surface area contributed by atoms with Gasteiger partial charge in [0.1, 0.15) is 5.69 Å². The van der Waals surface area contributed by atoms with Crippen LogP contribution in [0.4, 0.5) is 11.4 Å². The highest BCUT2D eigenvalue weighted by atomic mass is 16.6. The molecular weight excluding hydrogens is 276 g/mol. The van der Waals surface area contributed by atoms with Crippen LogP contribution in [0.5, 0.6) is 5.75 Å². The van der Waals surface area contributed by atoms with Crippen molar-refractivity contribution in [3.05, 3.63) is 28.3 Å². The zero-order valence-corrected chi connectivity index (χ0v) is 12.2. The summed E-state index contributed by atoms with van der Waals surface area (Å²) < 4.78 is 5.38. The number of nitrogens with zero attached hydrogens (tertiary/aromatic N) is 1. The van der Waals surface area contributed by atoms with Crippen molar-refractivity contribution in [1.29, 1.82) is 0 Å². The number of hydrogen-bond donors (Lipinski definition) is 2. The van der Waals surface area contributed by atoms with Gasteiger partial charge < -0.3 is 15.2 Å². The van der Waals surface area contributed by atoms with Gasteiger partial charge in [-0.15, -0.1) is 0 Å². The van der Waals surface area contributed by atoms with E-state index in [-0.39, 0.29) is 23.8 Å². The minimum atomic E-state index is -0.890. The van der Waals surface area contributed by atoms with Gasteiger partial charge in [-0.3, -0.25) is 14.9 Å². The fraction of sp³-hybridized carbons (Fsp3) is 0.500. The lowest BCUT2D eigenvalue weighted by molar-refractivity contribution is -0.385. The fourth-order valence-corrected chi connectivity index (χ4v) is 1.84. The number of para-hydroxylation sites is 1. The second kappa shape index (κ2) is 8.08. The predicted octanol–water partition coefficient (Wildman–Crippen LogP) is 2.91. The van der Waals surface area contributed by atoms with Crippen molar-refractivity contribution in [2.24, 2.45) is 5.92 Å². The maximum absolute atomic E-state index is 11.2. The maximum Gasteiger partial charge on any atom is 0.333 e. The SMILES string of the molecule is CCCOc1cccc(NCC(C)CC(=O)O)c1[N+](=O)[O-]. The molecule has 0 bridgehead atoms. The molecule has 0 saturated carbocycles. The summed E-state index contributed by atoms with van der Waals surface area (Å²) in [5.41, 5.74) is 0.222. The number of nitro groups is 1. The van der Waals surface area contributed by atoms with Gasteiger partial charge in [0.15, 0.2) is 5.75 Å². The van der Waals surface area contributed by atoms with Crippen molar-refractivity contribution >= 4 is 17.3 Å². The molecule has 21 heavy (non-hydrogen) atoms. The molecule has 0 fully saturated rings. The Kier molecular flexibility index (Phi) is 6.45. The van der Waals surface area contributed by atoms with Gasteiger partial charge in [-0.1, -0.05) is 19.9 Å². The molecule has 0 saturated heterocycles. The average Bonchev–Trinajstić information content (AvgIpc) is 2.41. The number of benzene rings is 1. The number of rotatable bonds is 9. The van der Waals surface area contributed by atoms with Gasteiger partial charge in [-0.25, -0.2) is 0 Å². The molecule has 0 aliphatic carbocycles. The van der Waals surface area contributed by atoms with E-state index < -0.39 is 10.9 Å². The summed E-state index contributed by atoms with van der Waals surface area (Å²) in [5, 5.41) is 22.9. The van der Waals surface area contributed by atoms with Gasteiger partial charge in [0, 0.05) is 13.0 Å². The van der Waals surface area contributed by atoms with Gasteiger partial charge in [0.2, 0.25) is 0 Å². The summed E-state index contributed by atoms with van der Waals surface area (Å²) in [7, 11) is 0. The largest absolute Gasteiger partial charge is 0.487 e. The lowest BCUT2D eigenvalue weighted by Gasteiger charge is -2.13. The van der Waals surface area contributed by atoms with Gasteiger partial charge in [-0.2, -0.15) is 0 Å². The number of nitrogens with one attached hydrogen (secondary N) is 1. The number of carbonyl (C=O) groups is 1. The van der Waals surface area contributed by atoms with Crippen molar-refractivity contribution in [2.45, 2.75) is 26.7 Å². The standard InChI is InChI=1S/C14H20N2O5/c1-3-7-21-12-6-4-5-11(14(12)16(19)20)15-9-10(2)8-13(17)18/h4-6,10,15H,3,7-9H2,1-2H3,(H,17,18). The minimum Gasteiger partial charge on any atom is -0.487 e. The Morgan fingerprint density at radius 1 is 1.52 bits per heavy atom. The molecule has 0 aliphatic heterocycles. The van der Waals surface area contributed by atoms with E-state index in [0.29, 0.717) is 18.8 Å². The van der Waals surface area contributed by atoms with E-state index in [4.69, 9.17) is 9.84 Å². The summed E-state index contributed by atoms with van der Waals surface area (Å²) in [6, 6.07) is 4.81. The number of carboxylic acid groups (broad SMARTS) is 1. The van der Waals surface area contributed by atoms with Crippen molar-refractivity contribution < 1.29 is 19.6 Å². The zero-order chi connectivity index (χ0) is 15.8. The van der Waals surface area contributed by atoms with Crippen molar-refractivity contribution in [1.82, 2.24) is 0 Å². The molecule has 1 aromatic carbocycles. The molecule has 116 valence electrons. The topological polar surface area (TPSA) is 102 Å². The lowest BCUT2D eigenvalue weighted by atomic mass is 10.1. The normalized spacial score (nSPS) is 11.7. The molecule has 2 N–H and O–H groups in total. The number of anilines is 1. The third-order valence-corrected chi connectivity index (χ3v) is 2.81. The van der Waals surface area contributed by atoms with E-state index in [1.54, 1.807) is 25.1 Å². The van der Waals surface area contributed by atoms with Crippen molar-refractivity contribution in [3.63, 3.8) is 0 Å². The number of ether oxygens (including phenoxy) is 1. The van der Waals surface area contributed by atoms with E-state index in [1.165, 1.54) is 0 Å². The van der Waals surface area contributed by atoms with Crippen LogP contribution in [0, 0.1) is 16.0 Å². The third-order valence-electron chi connectivity index (χ3n) is 2.81. The van der Waals surface area contributed by atoms with Gasteiger partial charge in [0.25, 0.3) is 0 Å².